The van der Waals surface area contributed by atoms with Crippen LogP contribution in [0.5, 0.6) is 5.75 Å². The molecule has 0 heterocycles. The Bertz CT molecular complexity index is 520. The van der Waals surface area contributed by atoms with Gasteiger partial charge in [-0.2, -0.15) is 0 Å². The molecule has 7 nitrogen and oxygen atoms in total. The van der Waals surface area contributed by atoms with Crippen molar-refractivity contribution in [2.45, 2.75) is 19.9 Å². The van der Waals surface area contributed by atoms with Gasteiger partial charge in [0.2, 0.25) is 5.91 Å². The zero-order valence-corrected chi connectivity index (χ0v) is 11.4. The lowest BCUT2D eigenvalue weighted by atomic mass is 10.2. The van der Waals surface area contributed by atoms with Gasteiger partial charge in [0, 0.05) is 12.1 Å². The Morgan fingerprint density at radius 1 is 1.50 bits per heavy atom. The van der Waals surface area contributed by atoms with Gasteiger partial charge in [0.25, 0.3) is 0 Å². The van der Waals surface area contributed by atoms with E-state index >= 15 is 0 Å². The second kappa shape index (κ2) is 6.69. The third-order valence-corrected chi connectivity index (χ3v) is 2.35. The van der Waals surface area contributed by atoms with Crippen molar-refractivity contribution in [3.8, 4) is 5.75 Å². The van der Waals surface area contributed by atoms with Crippen LogP contribution in [0.1, 0.15) is 13.8 Å². The summed E-state index contributed by atoms with van der Waals surface area (Å²) in [5.74, 6) is -1.21. The van der Waals surface area contributed by atoms with E-state index in [1.54, 1.807) is 13.8 Å². The Labute approximate surface area is 115 Å². The van der Waals surface area contributed by atoms with E-state index in [-0.39, 0.29) is 29.9 Å². The van der Waals surface area contributed by atoms with Crippen molar-refractivity contribution in [1.82, 2.24) is 5.32 Å². The summed E-state index contributed by atoms with van der Waals surface area (Å²) in [5, 5.41) is 15.9. The molecule has 0 saturated carbocycles. The van der Waals surface area contributed by atoms with Gasteiger partial charge in [-0.05, 0) is 13.8 Å². The molecule has 0 fully saturated rings. The van der Waals surface area contributed by atoms with E-state index in [1.807, 2.05) is 0 Å². The number of amides is 1. The Balaban J connectivity index is 2.86. The third-order valence-electron chi connectivity index (χ3n) is 2.35. The maximum atomic E-state index is 13.7. The minimum absolute atomic E-state index is 0.0273. The van der Waals surface area contributed by atoms with E-state index < -0.39 is 16.4 Å². The molecule has 0 radical (unpaired) electrons. The van der Waals surface area contributed by atoms with E-state index in [0.717, 1.165) is 12.1 Å². The van der Waals surface area contributed by atoms with Crippen LogP contribution >= 0.6 is 0 Å². The third kappa shape index (κ3) is 4.08. The zero-order valence-electron chi connectivity index (χ0n) is 11.4. The lowest BCUT2D eigenvalue weighted by molar-refractivity contribution is -0.385. The number of carbonyl (C=O) groups is 1. The van der Waals surface area contributed by atoms with Gasteiger partial charge in [-0.25, -0.2) is 4.39 Å². The summed E-state index contributed by atoms with van der Waals surface area (Å²) in [6, 6.07) is 1.87. The number of hydrogen-bond acceptors (Lipinski definition) is 5. The van der Waals surface area contributed by atoms with E-state index in [4.69, 9.17) is 4.74 Å². The van der Waals surface area contributed by atoms with Gasteiger partial charge in [0.1, 0.15) is 0 Å². The quantitative estimate of drug-likeness (QED) is 0.612. The highest BCUT2D eigenvalue weighted by atomic mass is 19.1. The number of hydrogen-bond donors (Lipinski definition) is 2. The smallest absolute Gasteiger partial charge is 0.313 e. The number of ether oxygens (including phenoxy) is 1. The molecule has 8 heteroatoms. The highest BCUT2D eigenvalue weighted by molar-refractivity contribution is 5.81. The van der Waals surface area contributed by atoms with Crippen LogP contribution < -0.4 is 15.4 Å². The number of rotatable bonds is 6. The molecule has 110 valence electrons. The molecule has 0 unspecified atom stereocenters. The molecule has 1 aromatic carbocycles. The highest BCUT2D eigenvalue weighted by Crippen LogP contribution is 2.32. The number of methoxy groups -OCH3 is 1. The molecule has 0 aliphatic rings. The summed E-state index contributed by atoms with van der Waals surface area (Å²) in [6.07, 6.45) is 0. The molecule has 1 amide bonds. The summed E-state index contributed by atoms with van der Waals surface area (Å²) in [7, 11) is 1.25. The number of nitrogens with zero attached hydrogens (tertiary/aromatic N) is 1. The molecule has 1 rings (SSSR count). The van der Waals surface area contributed by atoms with Crippen LogP contribution in [0.25, 0.3) is 0 Å². The van der Waals surface area contributed by atoms with Gasteiger partial charge in [-0.1, -0.05) is 0 Å². The molecule has 0 aliphatic carbocycles. The molecule has 0 bridgehead atoms. The number of nitro benzene ring substituents is 1. The average molecular weight is 285 g/mol. The predicted molar refractivity (Wildman–Crippen MR) is 71.4 cm³/mol. The highest BCUT2D eigenvalue weighted by Gasteiger charge is 2.19. The van der Waals surface area contributed by atoms with E-state index in [0.29, 0.717) is 0 Å². The Kier molecular flexibility index (Phi) is 5.24. The summed E-state index contributed by atoms with van der Waals surface area (Å²) in [4.78, 5) is 21.4. The summed E-state index contributed by atoms with van der Waals surface area (Å²) in [5.41, 5.74) is -0.506. The first kappa shape index (κ1) is 15.7. The number of halogens is 1. The average Bonchev–Trinajstić information content (AvgIpc) is 2.35. The zero-order chi connectivity index (χ0) is 15.3. The standard InChI is InChI=1S/C12H16FN3O4/c1-7(2)15-12(17)6-14-9-5-11(20-3)10(16(18)19)4-8(9)13/h4-5,7,14H,6H2,1-3H3,(H,15,17). The lowest BCUT2D eigenvalue weighted by Gasteiger charge is -2.11. The Morgan fingerprint density at radius 2 is 2.15 bits per heavy atom. The van der Waals surface area contributed by atoms with Crippen LogP contribution in [0.3, 0.4) is 0 Å². The first-order valence-electron chi connectivity index (χ1n) is 5.90. The summed E-state index contributed by atoms with van der Waals surface area (Å²) >= 11 is 0. The van der Waals surface area contributed by atoms with Crippen molar-refractivity contribution in [1.29, 1.82) is 0 Å². The first-order chi connectivity index (χ1) is 9.35. The number of nitrogens with one attached hydrogen (secondary N) is 2. The number of carbonyl (C=O) groups excluding carboxylic acids is 1. The van der Waals surface area contributed by atoms with Crippen molar-refractivity contribution in [2.24, 2.45) is 0 Å². The first-order valence-corrected chi connectivity index (χ1v) is 5.90. The monoisotopic (exact) mass is 285 g/mol. The number of nitro groups is 1. The van der Waals surface area contributed by atoms with Gasteiger partial charge in [-0.3, -0.25) is 14.9 Å². The summed E-state index contributed by atoms with van der Waals surface area (Å²) < 4.78 is 18.5. The Hall–Kier alpha value is -2.38. The van der Waals surface area contributed by atoms with Crippen LogP contribution in [-0.4, -0.2) is 30.5 Å². The second-order valence-electron chi connectivity index (χ2n) is 4.34. The molecule has 0 saturated heterocycles. The fourth-order valence-corrected chi connectivity index (χ4v) is 1.53. The Morgan fingerprint density at radius 3 is 2.65 bits per heavy atom. The maximum Gasteiger partial charge on any atom is 0.313 e. The number of anilines is 1. The molecule has 20 heavy (non-hydrogen) atoms. The second-order valence-corrected chi connectivity index (χ2v) is 4.34. The lowest BCUT2D eigenvalue weighted by Crippen LogP contribution is -2.34. The van der Waals surface area contributed by atoms with Crippen molar-refractivity contribution in [2.75, 3.05) is 19.0 Å². The van der Waals surface area contributed by atoms with Crippen molar-refractivity contribution in [3.63, 3.8) is 0 Å². The fourth-order valence-electron chi connectivity index (χ4n) is 1.53. The minimum Gasteiger partial charge on any atom is -0.490 e. The van der Waals surface area contributed by atoms with Crippen molar-refractivity contribution >= 4 is 17.3 Å². The topological polar surface area (TPSA) is 93.5 Å². The molecule has 1 aromatic rings. The van der Waals surface area contributed by atoms with Gasteiger partial charge in [-0.15, -0.1) is 0 Å². The fraction of sp³-hybridized carbons (Fsp3) is 0.417. The van der Waals surface area contributed by atoms with Crippen LogP contribution in [0.2, 0.25) is 0 Å². The minimum atomic E-state index is -0.824. The van der Waals surface area contributed by atoms with Gasteiger partial charge >= 0.3 is 5.69 Å². The molecular weight excluding hydrogens is 269 g/mol. The van der Waals surface area contributed by atoms with Crippen molar-refractivity contribution < 1.29 is 18.8 Å². The number of benzene rings is 1. The van der Waals surface area contributed by atoms with Gasteiger partial charge < -0.3 is 15.4 Å². The van der Waals surface area contributed by atoms with Gasteiger partial charge in [0.15, 0.2) is 11.6 Å². The van der Waals surface area contributed by atoms with Crippen LogP contribution in [0, 0.1) is 15.9 Å². The maximum absolute atomic E-state index is 13.7. The largest absolute Gasteiger partial charge is 0.490 e. The normalized spacial score (nSPS) is 10.2. The van der Waals surface area contributed by atoms with E-state index in [9.17, 15) is 19.3 Å². The van der Waals surface area contributed by atoms with Crippen molar-refractivity contribution in [3.05, 3.63) is 28.1 Å². The predicted octanol–water partition coefficient (Wildman–Crippen LogP) is 1.68. The SMILES string of the molecule is COc1cc(NCC(=O)NC(C)C)c(F)cc1[N+](=O)[O-]. The van der Waals surface area contributed by atoms with Gasteiger partial charge in [0.05, 0.1) is 30.3 Å². The van der Waals surface area contributed by atoms with Crippen LogP contribution in [0.4, 0.5) is 15.8 Å². The summed E-state index contributed by atoms with van der Waals surface area (Å²) in [6.45, 7) is 3.46. The molecule has 0 atom stereocenters. The molecule has 2 N–H and O–H groups in total. The van der Waals surface area contributed by atoms with E-state index in [1.165, 1.54) is 7.11 Å². The van der Waals surface area contributed by atoms with Crippen LogP contribution in [0.15, 0.2) is 12.1 Å². The van der Waals surface area contributed by atoms with Crippen LogP contribution in [-0.2, 0) is 4.79 Å². The molecule has 0 spiro atoms. The molecule has 0 aromatic heterocycles. The molecule has 0 aliphatic heterocycles. The molecular formula is C12H16FN3O4. The van der Waals surface area contributed by atoms with E-state index in [2.05, 4.69) is 10.6 Å².